The summed E-state index contributed by atoms with van der Waals surface area (Å²) in [5, 5.41) is 8.21. The molecule has 8 nitrogen and oxygen atoms in total. The van der Waals surface area contributed by atoms with Crippen molar-refractivity contribution in [3.63, 3.8) is 0 Å². The number of amides is 1. The molecule has 0 radical (unpaired) electrons. The fourth-order valence-electron chi connectivity index (χ4n) is 3.61. The quantitative estimate of drug-likeness (QED) is 0.650. The van der Waals surface area contributed by atoms with Gasteiger partial charge < -0.3 is 15.0 Å². The van der Waals surface area contributed by atoms with Crippen LogP contribution in [0.1, 0.15) is 31.0 Å². The number of piperidine rings is 1. The molecule has 1 fully saturated rings. The van der Waals surface area contributed by atoms with Gasteiger partial charge in [-0.25, -0.2) is 4.98 Å². The summed E-state index contributed by atoms with van der Waals surface area (Å²) in [6, 6.07) is 9.23. The van der Waals surface area contributed by atoms with Gasteiger partial charge in [0.25, 0.3) is 5.56 Å². The number of nitrogens with one attached hydrogen (secondary N) is 1. The Kier molecular flexibility index (Phi) is 5.98. The third-order valence-electron chi connectivity index (χ3n) is 5.13. The van der Waals surface area contributed by atoms with E-state index in [0.717, 1.165) is 35.8 Å². The molecular formula is C21H25N5O3S. The van der Waals surface area contributed by atoms with Crippen LogP contribution in [0, 0.1) is 12.8 Å². The molecule has 1 aromatic carbocycles. The van der Waals surface area contributed by atoms with Crippen LogP contribution in [0.3, 0.4) is 0 Å². The number of rotatable bonds is 6. The average Bonchev–Trinajstić information content (AvgIpc) is 3.18. The van der Waals surface area contributed by atoms with E-state index in [1.54, 1.807) is 6.92 Å². The molecule has 1 amide bonds. The minimum atomic E-state index is -0.179. The Hall–Kier alpha value is -2.94. The first kappa shape index (κ1) is 20.3. The zero-order chi connectivity index (χ0) is 21.1. The van der Waals surface area contributed by atoms with Gasteiger partial charge in [-0.05, 0) is 44.4 Å². The molecule has 4 rings (SSSR count). The molecule has 1 aliphatic heterocycles. The molecule has 30 heavy (non-hydrogen) atoms. The molecule has 0 unspecified atom stereocenters. The van der Waals surface area contributed by atoms with Crippen LogP contribution < -0.4 is 20.5 Å². The van der Waals surface area contributed by atoms with Gasteiger partial charge in [-0.1, -0.05) is 23.5 Å². The number of hydrogen-bond acceptors (Lipinski definition) is 7. The van der Waals surface area contributed by atoms with Crippen LogP contribution >= 0.6 is 11.3 Å². The molecule has 0 bridgehead atoms. The molecule has 0 spiro atoms. The maximum Gasteiger partial charge on any atom is 0.275 e. The highest BCUT2D eigenvalue weighted by Gasteiger charge is 2.27. The lowest BCUT2D eigenvalue weighted by Gasteiger charge is -2.31. The predicted molar refractivity (Wildman–Crippen MR) is 116 cm³/mol. The van der Waals surface area contributed by atoms with Gasteiger partial charge in [0.1, 0.15) is 5.75 Å². The Labute approximate surface area is 178 Å². The van der Waals surface area contributed by atoms with Gasteiger partial charge in [-0.3, -0.25) is 9.59 Å². The van der Waals surface area contributed by atoms with E-state index in [-0.39, 0.29) is 17.4 Å². The Bertz CT molecular complexity index is 1090. The number of nitrogens with zero attached hydrogens (tertiary/aromatic N) is 4. The highest BCUT2D eigenvalue weighted by atomic mass is 32.1. The van der Waals surface area contributed by atoms with Crippen molar-refractivity contribution >= 4 is 27.3 Å². The van der Waals surface area contributed by atoms with Crippen LogP contribution in [0.5, 0.6) is 5.75 Å². The van der Waals surface area contributed by atoms with Gasteiger partial charge >= 0.3 is 0 Å². The fourth-order valence-corrected chi connectivity index (χ4v) is 4.59. The number of hydrogen-bond donors (Lipinski definition) is 1. The van der Waals surface area contributed by atoms with Gasteiger partial charge in [0, 0.05) is 31.4 Å². The summed E-state index contributed by atoms with van der Waals surface area (Å²) in [4.78, 5) is 31.9. The van der Waals surface area contributed by atoms with E-state index in [1.165, 1.54) is 21.9 Å². The standard InChI is InChI=1S/C21H25N5O3S/c1-3-29-17-8-6-15(7-9-17)12-22-19(28)16-5-4-10-25(13-16)21-24-26-18(27)11-14(2)23-20(26)30-21/h6-9,11,16H,3-5,10,12-13H2,1-2H3,(H,22,28)/t16-/m0/s1. The Balaban J connectivity index is 1.39. The number of anilines is 1. The van der Waals surface area contributed by atoms with Crippen molar-refractivity contribution in [2.75, 3.05) is 24.6 Å². The predicted octanol–water partition coefficient (Wildman–Crippen LogP) is 2.39. The van der Waals surface area contributed by atoms with Crippen molar-refractivity contribution in [1.82, 2.24) is 19.9 Å². The summed E-state index contributed by atoms with van der Waals surface area (Å²) in [6.07, 6.45) is 1.74. The second-order valence-corrected chi connectivity index (χ2v) is 8.33. The van der Waals surface area contributed by atoms with Crippen molar-refractivity contribution < 1.29 is 9.53 Å². The molecule has 2 aromatic heterocycles. The first-order valence-electron chi connectivity index (χ1n) is 10.2. The molecule has 3 aromatic rings. The second-order valence-electron chi connectivity index (χ2n) is 7.39. The average molecular weight is 428 g/mol. The molecule has 158 valence electrons. The van der Waals surface area contributed by atoms with E-state index < -0.39 is 0 Å². The van der Waals surface area contributed by atoms with Crippen molar-refractivity contribution in [1.29, 1.82) is 0 Å². The zero-order valence-electron chi connectivity index (χ0n) is 17.1. The molecule has 1 saturated heterocycles. The molecule has 0 aliphatic carbocycles. The lowest BCUT2D eigenvalue weighted by Crippen LogP contribution is -2.43. The lowest BCUT2D eigenvalue weighted by atomic mass is 9.97. The number of ether oxygens (including phenoxy) is 1. The van der Waals surface area contributed by atoms with Gasteiger partial charge in [0.15, 0.2) is 0 Å². The monoisotopic (exact) mass is 427 g/mol. The third kappa shape index (κ3) is 4.46. The van der Waals surface area contributed by atoms with E-state index in [4.69, 9.17) is 4.74 Å². The molecule has 1 atom stereocenters. The minimum absolute atomic E-state index is 0.0424. The van der Waals surface area contributed by atoms with Crippen molar-refractivity contribution in [3.8, 4) is 5.75 Å². The SMILES string of the molecule is CCOc1ccc(CNC(=O)[C@H]2CCCN(c3nn4c(=O)cc(C)nc4s3)C2)cc1. The number of aromatic nitrogens is 3. The van der Waals surface area contributed by atoms with Crippen LogP contribution in [0.2, 0.25) is 0 Å². The first-order chi connectivity index (χ1) is 14.5. The lowest BCUT2D eigenvalue weighted by molar-refractivity contribution is -0.125. The van der Waals surface area contributed by atoms with Gasteiger partial charge in [0.2, 0.25) is 16.0 Å². The van der Waals surface area contributed by atoms with Crippen LogP contribution in [0.15, 0.2) is 35.1 Å². The molecule has 1 N–H and O–H groups in total. The first-order valence-corrected chi connectivity index (χ1v) is 11.0. The topological polar surface area (TPSA) is 88.8 Å². The van der Waals surface area contributed by atoms with Gasteiger partial charge in [-0.2, -0.15) is 4.52 Å². The Morgan fingerprint density at radius 3 is 2.90 bits per heavy atom. The number of carbonyl (C=O) groups is 1. The molecule has 9 heteroatoms. The molecular weight excluding hydrogens is 402 g/mol. The summed E-state index contributed by atoms with van der Waals surface area (Å²) >= 11 is 1.38. The van der Waals surface area contributed by atoms with Crippen molar-refractivity contribution in [2.45, 2.75) is 33.2 Å². The number of fused-ring (bicyclic) bond motifs is 1. The number of aryl methyl sites for hydroxylation is 1. The maximum absolute atomic E-state index is 12.7. The van der Waals surface area contributed by atoms with E-state index in [9.17, 15) is 9.59 Å². The van der Waals surface area contributed by atoms with Crippen LogP contribution in [0.4, 0.5) is 5.13 Å². The normalized spacial score (nSPS) is 16.6. The van der Waals surface area contributed by atoms with E-state index in [0.29, 0.717) is 30.4 Å². The van der Waals surface area contributed by atoms with E-state index >= 15 is 0 Å². The Morgan fingerprint density at radius 2 is 2.13 bits per heavy atom. The highest BCUT2D eigenvalue weighted by Crippen LogP contribution is 2.27. The second kappa shape index (κ2) is 8.83. The molecule has 1 aliphatic rings. The van der Waals surface area contributed by atoms with Crippen LogP contribution in [-0.4, -0.2) is 40.2 Å². The summed E-state index contributed by atoms with van der Waals surface area (Å²) in [5.41, 5.74) is 1.54. The largest absolute Gasteiger partial charge is 0.494 e. The smallest absolute Gasteiger partial charge is 0.275 e. The van der Waals surface area contributed by atoms with E-state index in [1.807, 2.05) is 31.2 Å². The summed E-state index contributed by atoms with van der Waals surface area (Å²) < 4.78 is 6.78. The minimum Gasteiger partial charge on any atom is -0.494 e. The Morgan fingerprint density at radius 1 is 1.33 bits per heavy atom. The maximum atomic E-state index is 12.7. The summed E-state index contributed by atoms with van der Waals surface area (Å²) in [6.45, 7) is 6.27. The summed E-state index contributed by atoms with van der Waals surface area (Å²) in [7, 11) is 0. The zero-order valence-corrected chi connectivity index (χ0v) is 17.9. The van der Waals surface area contributed by atoms with E-state index in [2.05, 4.69) is 20.3 Å². The highest BCUT2D eigenvalue weighted by molar-refractivity contribution is 7.20. The molecule has 3 heterocycles. The van der Waals surface area contributed by atoms with Gasteiger partial charge in [-0.15, -0.1) is 5.10 Å². The fraction of sp³-hybridized carbons (Fsp3) is 0.429. The number of carbonyl (C=O) groups excluding carboxylic acids is 1. The summed E-state index contributed by atoms with van der Waals surface area (Å²) in [5.74, 6) is 0.760. The third-order valence-corrected chi connectivity index (χ3v) is 6.10. The van der Waals surface area contributed by atoms with Crippen LogP contribution in [-0.2, 0) is 11.3 Å². The molecule has 0 saturated carbocycles. The van der Waals surface area contributed by atoms with Crippen molar-refractivity contribution in [3.05, 3.63) is 51.9 Å². The van der Waals surface area contributed by atoms with Crippen molar-refractivity contribution in [2.24, 2.45) is 5.92 Å². The van der Waals surface area contributed by atoms with Crippen LogP contribution in [0.25, 0.3) is 4.96 Å². The van der Waals surface area contributed by atoms with Gasteiger partial charge in [0.05, 0.1) is 12.5 Å². The number of benzene rings is 1.